The number of hydrogen-bond acceptors (Lipinski definition) is 2. The van der Waals surface area contributed by atoms with E-state index in [1.165, 1.54) is 0 Å². The average molecular weight is 260 g/mol. The number of carbonyl (C=O) groups is 1. The molecule has 0 radical (unpaired) electrons. The van der Waals surface area contributed by atoms with Crippen molar-refractivity contribution in [3.63, 3.8) is 0 Å². The molecular formula is C13H22ClNO2. The Hall–Kier alpha value is -0.280. The van der Waals surface area contributed by atoms with E-state index in [0.717, 1.165) is 45.4 Å². The number of nitrogens with zero attached hydrogens (tertiary/aromatic N) is 1. The van der Waals surface area contributed by atoms with Crippen LogP contribution in [0.4, 0.5) is 0 Å². The normalized spacial score (nSPS) is 33.3. The average Bonchev–Trinajstić information content (AvgIpc) is 2.26. The summed E-state index contributed by atoms with van der Waals surface area (Å²) < 4.78 is 5.51. The fourth-order valence-electron chi connectivity index (χ4n) is 2.74. The largest absolute Gasteiger partial charge is 0.378 e. The minimum atomic E-state index is 0.158. The lowest BCUT2D eigenvalue weighted by molar-refractivity contribution is -0.135. The smallest absolute Gasteiger partial charge is 0.222 e. The fraction of sp³-hybridized carbons (Fsp3) is 0.923. The van der Waals surface area contributed by atoms with Crippen LogP contribution in [0.3, 0.4) is 0 Å². The van der Waals surface area contributed by atoms with Gasteiger partial charge < -0.3 is 9.64 Å². The second-order valence-electron chi connectivity index (χ2n) is 5.20. The molecule has 1 aliphatic carbocycles. The molecule has 2 rings (SSSR count). The van der Waals surface area contributed by atoms with Crippen LogP contribution in [0.5, 0.6) is 0 Å². The summed E-state index contributed by atoms with van der Waals surface area (Å²) in [5.74, 6) is 0.824. The van der Waals surface area contributed by atoms with Crippen LogP contribution in [0.15, 0.2) is 0 Å². The molecule has 1 saturated carbocycles. The van der Waals surface area contributed by atoms with Gasteiger partial charge in [0.1, 0.15) is 0 Å². The fourth-order valence-corrected chi connectivity index (χ4v) is 3.06. The van der Waals surface area contributed by atoms with Crippen molar-refractivity contribution >= 4 is 17.5 Å². The predicted octanol–water partition coefficient (Wildman–Crippen LogP) is 2.42. The summed E-state index contributed by atoms with van der Waals surface area (Å²) in [6, 6.07) is 0. The van der Waals surface area contributed by atoms with Crippen molar-refractivity contribution in [2.75, 3.05) is 19.7 Å². The Morgan fingerprint density at radius 2 is 2.24 bits per heavy atom. The summed E-state index contributed by atoms with van der Waals surface area (Å²) in [7, 11) is 0. The van der Waals surface area contributed by atoms with Crippen molar-refractivity contribution in [3.05, 3.63) is 0 Å². The number of piperidine rings is 1. The molecule has 0 aromatic carbocycles. The molecule has 0 aromatic rings. The van der Waals surface area contributed by atoms with Crippen molar-refractivity contribution in [2.45, 2.75) is 50.5 Å². The molecule has 2 aliphatic rings. The second kappa shape index (κ2) is 6.05. The molecule has 1 heterocycles. The lowest BCUT2D eigenvalue weighted by atomic mass is 9.79. The molecule has 98 valence electrons. The van der Waals surface area contributed by atoms with Gasteiger partial charge in [0.15, 0.2) is 0 Å². The zero-order chi connectivity index (χ0) is 12.3. The van der Waals surface area contributed by atoms with Crippen LogP contribution < -0.4 is 0 Å². The Morgan fingerprint density at radius 3 is 2.88 bits per heavy atom. The molecule has 0 bridgehead atoms. The molecule has 4 heteroatoms. The van der Waals surface area contributed by atoms with Gasteiger partial charge in [-0.1, -0.05) is 0 Å². The number of halogens is 1. The van der Waals surface area contributed by atoms with E-state index in [-0.39, 0.29) is 11.3 Å². The first kappa shape index (κ1) is 13.2. The van der Waals surface area contributed by atoms with Crippen molar-refractivity contribution in [1.82, 2.24) is 4.90 Å². The third-order valence-electron chi connectivity index (χ3n) is 3.77. The summed E-state index contributed by atoms with van der Waals surface area (Å²) in [5.41, 5.74) is 0. The third kappa shape index (κ3) is 3.59. The number of rotatable bonds is 4. The molecule has 2 fully saturated rings. The molecule has 0 spiro atoms. The predicted molar refractivity (Wildman–Crippen MR) is 68.2 cm³/mol. The van der Waals surface area contributed by atoms with Crippen LogP contribution >= 0.6 is 11.6 Å². The van der Waals surface area contributed by atoms with Crippen LogP contribution in [0.1, 0.15) is 39.0 Å². The molecule has 1 amide bonds. The van der Waals surface area contributed by atoms with Crippen molar-refractivity contribution in [1.29, 1.82) is 0 Å². The SMILES string of the molecule is CCOC1CC(CC(=O)N2CCCC(Cl)C2)C1. The summed E-state index contributed by atoms with van der Waals surface area (Å²) in [6.07, 6.45) is 5.29. The van der Waals surface area contributed by atoms with E-state index >= 15 is 0 Å². The molecule has 0 N–H and O–H groups in total. The van der Waals surface area contributed by atoms with Gasteiger partial charge >= 0.3 is 0 Å². The first-order valence-electron chi connectivity index (χ1n) is 6.72. The topological polar surface area (TPSA) is 29.5 Å². The summed E-state index contributed by atoms with van der Waals surface area (Å²) in [6.45, 7) is 4.43. The second-order valence-corrected chi connectivity index (χ2v) is 5.82. The van der Waals surface area contributed by atoms with Crippen LogP contribution in [0, 0.1) is 5.92 Å². The van der Waals surface area contributed by atoms with E-state index in [1.807, 2.05) is 11.8 Å². The summed E-state index contributed by atoms with van der Waals surface area (Å²) in [4.78, 5) is 14.0. The van der Waals surface area contributed by atoms with Gasteiger partial charge in [0.25, 0.3) is 0 Å². The minimum Gasteiger partial charge on any atom is -0.378 e. The van der Waals surface area contributed by atoms with E-state index in [9.17, 15) is 4.79 Å². The third-order valence-corrected chi connectivity index (χ3v) is 4.13. The summed E-state index contributed by atoms with van der Waals surface area (Å²) >= 11 is 6.09. The van der Waals surface area contributed by atoms with Crippen molar-refractivity contribution in [2.24, 2.45) is 5.92 Å². The van der Waals surface area contributed by atoms with Crippen LogP contribution in [0.2, 0.25) is 0 Å². The van der Waals surface area contributed by atoms with Gasteiger partial charge in [0.2, 0.25) is 5.91 Å². The lowest BCUT2D eigenvalue weighted by Gasteiger charge is -2.37. The number of amides is 1. The maximum absolute atomic E-state index is 12.0. The van der Waals surface area contributed by atoms with Crippen LogP contribution in [0.25, 0.3) is 0 Å². The molecular weight excluding hydrogens is 238 g/mol. The Bertz CT molecular complexity index is 266. The first-order chi connectivity index (χ1) is 8.19. The van der Waals surface area contributed by atoms with Gasteiger partial charge in [-0.2, -0.15) is 0 Å². The zero-order valence-electron chi connectivity index (χ0n) is 10.5. The van der Waals surface area contributed by atoms with E-state index in [1.54, 1.807) is 0 Å². The number of likely N-dealkylation sites (tertiary alicyclic amines) is 1. The molecule has 3 nitrogen and oxygen atoms in total. The molecule has 1 aliphatic heterocycles. The van der Waals surface area contributed by atoms with Gasteiger partial charge in [-0.25, -0.2) is 0 Å². The highest BCUT2D eigenvalue weighted by atomic mass is 35.5. The molecule has 0 aromatic heterocycles. The quantitative estimate of drug-likeness (QED) is 0.726. The molecule has 1 unspecified atom stereocenters. The molecule has 17 heavy (non-hydrogen) atoms. The van der Waals surface area contributed by atoms with Crippen LogP contribution in [-0.2, 0) is 9.53 Å². The molecule has 1 atom stereocenters. The Kier molecular flexibility index (Phi) is 4.69. The number of alkyl halides is 1. The van der Waals surface area contributed by atoms with Gasteiger partial charge in [0, 0.05) is 26.1 Å². The van der Waals surface area contributed by atoms with E-state index < -0.39 is 0 Å². The van der Waals surface area contributed by atoms with Gasteiger partial charge in [-0.15, -0.1) is 11.6 Å². The Balaban J connectivity index is 1.68. The van der Waals surface area contributed by atoms with Crippen molar-refractivity contribution < 1.29 is 9.53 Å². The van der Waals surface area contributed by atoms with E-state index in [2.05, 4.69) is 0 Å². The maximum Gasteiger partial charge on any atom is 0.222 e. The van der Waals surface area contributed by atoms with E-state index in [4.69, 9.17) is 16.3 Å². The highest BCUT2D eigenvalue weighted by Crippen LogP contribution is 2.33. The maximum atomic E-state index is 12.0. The number of hydrogen-bond donors (Lipinski definition) is 0. The van der Waals surface area contributed by atoms with Crippen molar-refractivity contribution in [3.8, 4) is 0 Å². The monoisotopic (exact) mass is 259 g/mol. The number of carbonyl (C=O) groups excluding carboxylic acids is 1. The summed E-state index contributed by atoms with van der Waals surface area (Å²) in [5, 5.41) is 0.158. The highest BCUT2D eigenvalue weighted by Gasteiger charge is 2.33. The first-order valence-corrected chi connectivity index (χ1v) is 7.16. The van der Waals surface area contributed by atoms with Crippen LogP contribution in [-0.4, -0.2) is 42.0 Å². The van der Waals surface area contributed by atoms with Gasteiger partial charge in [-0.05, 0) is 38.5 Å². The highest BCUT2D eigenvalue weighted by molar-refractivity contribution is 6.20. The van der Waals surface area contributed by atoms with Gasteiger partial charge in [-0.3, -0.25) is 4.79 Å². The van der Waals surface area contributed by atoms with E-state index in [0.29, 0.717) is 18.4 Å². The van der Waals surface area contributed by atoms with Gasteiger partial charge in [0.05, 0.1) is 11.5 Å². The Morgan fingerprint density at radius 1 is 1.47 bits per heavy atom. The lowest BCUT2D eigenvalue weighted by Crippen LogP contribution is -2.43. The standard InChI is InChI=1S/C13H22ClNO2/c1-2-17-12-6-10(7-12)8-13(16)15-5-3-4-11(14)9-15/h10-12H,2-9H2,1H3. The minimum absolute atomic E-state index is 0.158. The molecule has 1 saturated heterocycles. The number of ether oxygens (including phenoxy) is 1. The Labute approximate surface area is 108 Å². The zero-order valence-corrected chi connectivity index (χ0v) is 11.3.